The van der Waals surface area contributed by atoms with Crippen LogP contribution in [0.3, 0.4) is 0 Å². The van der Waals surface area contributed by atoms with Crippen molar-refractivity contribution in [2.24, 2.45) is 0 Å². The Balaban J connectivity index is 1.47. The first-order valence-electron chi connectivity index (χ1n) is 9.97. The molecule has 0 aliphatic rings. The average Bonchev–Trinajstić information content (AvgIpc) is 3.13. The first-order valence-corrected chi connectivity index (χ1v) is 11.4. The van der Waals surface area contributed by atoms with Crippen molar-refractivity contribution in [3.63, 3.8) is 0 Å². The number of rotatable bonds is 7. The minimum absolute atomic E-state index is 0.186. The number of hydrogen-bond acceptors (Lipinski definition) is 4. The van der Waals surface area contributed by atoms with Gasteiger partial charge < -0.3 is 15.4 Å². The smallest absolute Gasteiger partial charge is 0.243 e. The van der Waals surface area contributed by atoms with Crippen molar-refractivity contribution < 1.29 is 13.5 Å². The van der Waals surface area contributed by atoms with Gasteiger partial charge in [-0.25, -0.2) is 8.42 Å². The van der Waals surface area contributed by atoms with Crippen LogP contribution in [0.25, 0.3) is 10.9 Å². The molecule has 0 fully saturated rings. The molecule has 1 atom stereocenters. The highest BCUT2D eigenvalue weighted by Gasteiger charge is 2.21. The topological polar surface area (TPSA) is 85.4 Å². The molecule has 3 N–H and O–H groups in total. The summed E-state index contributed by atoms with van der Waals surface area (Å²) in [6, 6.07) is 23.6. The fourth-order valence-corrected chi connectivity index (χ4v) is 4.70. The van der Waals surface area contributed by atoms with E-state index < -0.39 is 16.3 Å². The van der Waals surface area contributed by atoms with Crippen molar-refractivity contribution in [3.8, 4) is 0 Å². The summed E-state index contributed by atoms with van der Waals surface area (Å²) in [5, 5.41) is 14.7. The van der Waals surface area contributed by atoms with Gasteiger partial charge in [-0.2, -0.15) is 4.31 Å². The predicted octanol–water partition coefficient (Wildman–Crippen LogP) is 4.40. The number of anilines is 1. The van der Waals surface area contributed by atoms with Gasteiger partial charge in [0.25, 0.3) is 0 Å². The van der Waals surface area contributed by atoms with Crippen LogP contribution < -0.4 is 5.32 Å². The Morgan fingerprint density at radius 3 is 2.42 bits per heavy atom. The molecule has 1 heterocycles. The first kappa shape index (κ1) is 21.1. The van der Waals surface area contributed by atoms with E-state index in [0.717, 1.165) is 27.8 Å². The van der Waals surface area contributed by atoms with Gasteiger partial charge in [-0.05, 0) is 48.9 Å². The Bertz CT molecular complexity index is 1280. The summed E-state index contributed by atoms with van der Waals surface area (Å²) in [7, 11) is -2.07. The van der Waals surface area contributed by atoms with Crippen LogP contribution >= 0.6 is 0 Å². The first-order chi connectivity index (χ1) is 14.8. The Morgan fingerprint density at radius 2 is 1.71 bits per heavy atom. The molecule has 0 aliphatic carbocycles. The number of fused-ring (bicyclic) bond motifs is 1. The van der Waals surface area contributed by atoms with Crippen LogP contribution in [0.5, 0.6) is 0 Å². The quantitative estimate of drug-likeness (QED) is 0.376. The van der Waals surface area contributed by atoms with E-state index in [1.807, 2.05) is 61.5 Å². The van der Waals surface area contributed by atoms with E-state index in [1.165, 1.54) is 16.4 Å². The van der Waals surface area contributed by atoms with Gasteiger partial charge in [0, 0.05) is 41.4 Å². The molecule has 0 amide bonds. The number of aliphatic hydroxyl groups is 1. The van der Waals surface area contributed by atoms with Crippen molar-refractivity contribution >= 4 is 26.6 Å². The fraction of sp³-hybridized carbons (Fsp3) is 0.167. The lowest BCUT2D eigenvalue weighted by Gasteiger charge is -2.18. The van der Waals surface area contributed by atoms with E-state index in [9.17, 15) is 13.5 Å². The second-order valence-electron chi connectivity index (χ2n) is 7.62. The van der Waals surface area contributed by atoms with Gasteiger partial charge in [0.2, 0.25) is 10.0 Å². The summed E-state index contributed by atoms with van der Waals surface area (Å²) in [6.45, 7) is 2.28. The van der Waals surface area contributed by atoms with E-state index in [1.54, 1.807) is 19.2 Å². The highest BCUT2D eigenvalue weighted by atomic mass is 32.2. The molecule has 4 rings (SSSR count). The number of aromatic amines is 1. The van der Waals surface area contributed by atoms with Gasteiger partial charge in [-0.1, -0.05) is 42.5 Å². The molecular weight excluding hydrogens is 410 g/mol. The van der Waals surface area contributed by atoms with Gasteiger partial charge >= 0.3 is 0 Å². The number of sulfonamides is 1. The van der Waals surface area contributed by atoms with Crippen molar-refractivity contribution in [1.82, 2.24) is 9.29 Å². The highest BCUT2D eigenvalue weighted by molar-refractivity contribution is 7.89. The molecule has 0 aliphatic heterocycles. The summed E-state index contributed by atoms with van der Waals surface area (Å²) >= 11 is 0. The Hall–Kier alpha value is -3.13. The van der Waals surface area contributed by atoms with Crippen molar-refractivity contribution in [2.75, 3.05) is 12.4 Å². The Labute approximate surface area is 182 Å². The van der Waals surface area contributed by atoms with Crippen molar-refractivity contribution in [3.05, 3.63) is 95.7 Å². The molecule has 0 radical (unpaired) electrons. The zero-order valence-electron chi connectivity index (χ0n) is 17.4. The number of benzene rings is 3. The Kier molecular flexibility index (Phi) is 5.82. The summed E-state index contributed by atoms with van der Waals surface area (Å²) in [6.07, 6.45) is -0.962. The van der Waals surface area contributed by atoms with Crippen molar-refractivity contribution in [2.45, 2.75) is 24.6 Å². The molecular formula is C24H25N3O3S. The van der Waals surface area contributed by atoms with E-state index in [4.69, 9.17) is 0 Å². The third-order valence-electron chi connectivity index (χ3n) is 5.21. The second-order valence-corrected chi connectivity index (χ2v) is 9.66. The summed E-state index contributed by atoms with van der Waals surface area (Å²) in [5.41, 5.74) is 4.38. The second kappa shape index (κ2) is 8.55. The van der Waals surface area contributed by atoms with Crippen LogP contribution in [0.4, 0.5) is 5.69 Å². The van der Waals surface area contributed by atoms with Gasteiger partial charge in [-0.15, -0.1) is 0 Å². The molecule has 0 bridgehead atoms. The van der Waals surface area contributed by atoms with Gasteiger partial charge in [-0.3, -0.25) is 0 Å². The average molecular weight is 436 g/mol. The monoisotopic (exact) mass is 435 g/mol. The van der Waals surface area contributed by atoms with Gasteiger partial charge in [0.15, 0.2) is 6.23 Å². The third kappa shape index (κ3) is 4.64. The fourth-order valence-electron chi connectivity index (χ4n) is 3.54. The molecule has 1 unspecified atom stereocenters. The molecule has 160 valence electrons. The molecule has 0 saturated carbocycles. The molecule has 7 heteroatoms. The highest BCUT2D eigenvalue weighted by Crippen LogP contribution is 2.24. The summed E-state index contributed by atoms with van der Waals surface area (Å²) in [4.78, 5) is 3.45. The number of nitrogens with zero attached hydrogens (tertiary/aromatic N) is 1. The van der Waals surface area contributed by atoms with E-state index in [0.29, 0.717) is 5.56 Å². The molecule has 0 saturated heterocycles. The number of aliphatic hydroxyl groups excluding tert-OH is 1. The lowest BCUT2D eigenvalue weighted by molar-refractivity contribution is 0.208. The summed E-state index contributed by atoms with van der Waals surface area (Å²) < 4.78 is 27.1. The predicted molar refractivity (Wildman–Crippen MR) is 123 cm³/mol. The maximum Gasteiger partial charge on any atom is 0.243 e. The zero-order valence-corrected chi connectivity index (χ0v) is 18.2. The van der Waals surface area contributed by atoms with Crippen LogP contribution in [0, 0.1) is 6.92 Å². The minimum Gasteiger partial charge on any atom is -0.369 e. The Morgan fingerprint density at radius 1 is 1.00 bits per heavy atom. The maximum absolute atomic E-state index is 12.9. The van der Waals surface area contributed by atoms with Gasteiger partial charge in [0.05, 0.1) is 4.90 Å². The van der Waals surface area contributed by atoms with Gasteiger partial charge in [0.1, 0.15) is 0 Å². The SMILES string of the molecule is Cc1cc2cc(NC(O)c3ccc(S(=O)(=O)N(C)Cc4ccccc4)cc3)ccc2[nH]1. The van der Waals surface area contributed by atoms with E-state index >= 15 is 0 Å². The third-order valence-corrected chi connectivity index (χ3v) is 7.03. The normalized spacial score (nSPS) is 12.9. The number of aryl methyl sites for hydroxylation is 1. The van der Waals surface area contributed by atoms with Crippen LogP contribution in [0.1, 0.15) is 23.0 Å². The maximum atomic E-state index is 12.9. The zero-order chi connectivity index (χ0) is 22.0. The number of hydrogen-bond donors (Lipinski definition) is 3. The number of H-pyrrole nitrogens is 1. The van der Waals surface area contributed by atoms with E-state index in [-0.39, 0.29) is 11.4 Å². The molecule has 31 heavy (non-hydrogen) atoms. The molecule has 3 aromatic carbocycles. The van der Waals surface area contributed by atoms with Crippen molar-refractivity contribution in [1.29, 1.82) is 0 Å². The lowest BCUT2D eigenvalue weighted by Crippen LogP contribution is -2.26. The number of aromatic nitrogens is 1. The van der Waals surface area contributed by atoms with Crippen LogP contribution in [-0.4, -0.2) is 29.9 Å². The molecule has 0 spiro atoms. The lowest BCUT2D eigenvalue weighted by atomic mass is 10.2. The minimum atomic E-state index is -3.63. The van der Waals surface area contributed by atoms with Crippen LogP contribution in [0.15, 0.2) is 83.8 Å². The number of nitrogens with one attached hydrogen (secondary N) is 2. The molecule has 6 nitrogen and oxygen atoms in total. The summed E-state index contributed by atoms with van der Waals surface area (Å²) in [5.74, 6) is 0. The van der Waals surface area contributed by atoms with E-state index in [2.05, 4.69) is 10.3 Å². The molecule has 1 aromatic heterocycles. The standard InChI is InChI=1S/C24H25N3O3S/c1-17-14-20-15-21(10-13-23(20)25-17)26-24(28)19-8-11-22(12-9-19)31(29,30)27(2)16-18-6-4-3-5-7-18/h3-15,24-26,28H,16H2,1-2H3. The van der Waals surface area contributed by atoms with Crippen LogP contribution in [-0.2, 0) is 16.6 Å². The largest absolute Gasteiger partial charge is 0.369 e. The van der Waals surface area contributed by atoms with Crippen LogP contribution in [0.2, 0.25) is 0 Å². The molecule has 4 aromatic rings.